The molecule has 1 heterocycles. The Bertz CT molecular complexity index is 830. The molecule has 0 spiro atoms. The fourth-order valence-electron chi connectivity index (χ4n) is 2.13. The van der Waals surface area contributed by atoms with Gasteiger partial charge in [0.1, 0.15) is 10.1 Å². The van der Waals surface area contributed by atoms with Gasteiger partial charge < -0.3 is 9.29 Å². The molecule has 0 radical (unpaired) electrons. The highest BCUT2D eigenvalue weighted by molar-refractivity contribution is 7.86. The van der Waals surface area contributed by atoms with Crippen LogP contribution < -0.4 is 0 Å². The average Bonchev–Trinajstić information content (AvgIpc) is 2.33. The first-order valence-electron chi connectivity index (χ1n) is 5.18. The molecule has 7 heteroatoms. The summed E-state index contributed by atoms with van der Waals surface area (Å²) in [5.41, 5.74) is 0.134. The molecular weight excluding hydrogens is 272 g/mol. The first-order chi connectivity index (χ1) is 8.89. The fraction of sp³-hybridized carbons (Fsp3) is 0. The summed E-state index contributed by atoms with van der Waals surface area (Å²) in [4.78, 5) is 22.7. The van der Waals surface area contributed by atoms with E-state index in [9.17, 15) is 22.6 Å². The van der Waals surface area contributed by atoms with Crippen molar-refractivity contribution >= 4 is 32.8 Å². The molecule has 96 valence electrons. The molecule has 0 atom stereocenters. The second kappa shape index (κ2) is 3.62. The zero-order chi connectivity index (χ0) is 13.8. The zero-order valence-electron chi connectivity index (χ0n) is 9.24. The summed E-state index contributed by atoms with van der Waals surface area (Å²) >= 11 is 0. The predicted octanol–water partition coefficient (Wildman–Crippen LogP) is 1.05. The van der Waals surface area contributed by atoms with E-state index < -0.39 is 27.0 Å². The lowest BCUT2D eigenvalue weighted by atomic mass is 9.97. The van der Waals surface area contributed by atoms with Gasteiger partial charge >= 0.3 is 11.9 Å². The lowest BCUT2D eigenvalue weighted by Crippen LogP contribution is -2.20. The summed E-state index contributed by atoms with van der Waals surface area (Å²) in [7, 11) is -4.70. The third-order valence-corrected chi connectivity index (χ3v) is 3.79. The molecular formula is C12H5O6S-. The number of ether oxygens (including phenoxy) is 1. The maximum atomic E-state index is 11.6. The Hall–Kier alpha value is -2.25. The van der Waals surface area contributed by atoms with E-state index in [4.69, 9.17) is 0 Å². The molecule has 2 aromatic rings. The van der Waals surface area contributed by atoms with E-state index in [1.165, 1.54) is 24.3 Å². The third-order valence-electron chi connectivity index (χ3n) is 2.90. The van der Waals surface area contributed by atoms with E-state index in [-0.39, 0.29) is 21.9 Å². The molecule has 3 rings (SSSR count). The van der Waals surface area contributed by atoms with Gasteiger partial charge in [-0.1, -0.05) is 12.1 Å². The maximum absolute atomic E-state index is 11.6. The summed E-state index contributed by atoms with van der Waals surface area (Å²) in [6.45, 7) is 0. The minimum Gasteiger partial charge on any atom is -0.744 e. The van der Waals surface area contributed by atoms with Crippen molar-refractivity contribution in [3.63, 3.8) is 0 Å². The summed E-state index contributed by atoms with van der Waals surface area (Å²) in [5.74, 6) is -1.72. The number of carbonyl (C=O) groups is 2. The van der Waals surface area contributed by atoms with Gasteiger partial charge in [-0.2, -0.15) is 0 Å². The van der Waals surface area contributed by atoms with Crippen molar-refractivity contribution in [2.45, 2.75) is 4.90 Å². The molecule has 0 saturated heterocycles. The van der Waals surface area contributed by atoms with Crippen LogP contribution in [-0.2, 0) is 14.9 Å². The van der Waals surface area contributed by atoms with Crippen LogP contribution in [0.1, 0.15) is 20.7 Å². The molecule has 0 aromatic heterocycles. The molecule has 0 bridgehead atoms. The van der Waals surface area contributed by atoms with E-state index in [0.717, 1.165) is 6.07 Å². The molecule has 0 N–H and O–H groups in total. The molecule has 0 fully saturated rings. The highest BCUT2D eigenvalue weighted by Crippen LogP contribution is 2.32. The third kappa shape index (κ3) is 1.63. The monoisotopic (exact) mass is 277 g/mol. The predicted molar refractivity (Wildman–Crippen MR) is 61.7 cm³/mol. The van der Waals surface area contributed by atoms with Gasteiger partial charge in [-0.25, -0.2) is 18.0 Å². The number of hydrogen-bond donors (Lipinski definition) is 0. The van der Waals surface area contributed by atoms with Crippen LogP contribution in [-0.4, -0.2) is 24.9 Å². The van der Waals surface area contributed by atoms with Crippen molar-refractivity contribution in [2.24, 2.45) is 0 Å². The van der Waals surface area contributed by atoms with Crippen molar-refractivity contribution < 1.29 is 27.3 Å². The molecule has 0 saturated carbocycles. The van der Waals surface area contributed by atoms with E-state index in [1.54, 1.807) is 0 Å². The molecule has 1 aliphatic heterocycles. The number of rotatable bonds is 1. The van der Waals surface area contributed by atoms with Gasteiger partial charge in [-0.05, 0) is 18.2 Å². The van der Waals surface area contributed by atoms with Crippen LogP contribution in [0.25, 0.3) is 10.8 Å². The number of cyclic esters (lactones) is 2. The Labute approximate surface area is 107 Å². The highest BCUT2D eigenvalue weighted by atomic mass is 32.2. The SMILES string of the molecule is O=C1OC(=O)c2ccc(S(=O)(=O)[O-])c3cccc1c23. The van der Waals surface area contributed by atoms with E-state index in [1.807, 2.05) is 0 Å². The molecule has 1 aliphatic rings. The van der Waals surface area contributed by atoms with Crippen molar-refractivity contribution in [3.8, 4) is 0 Å². The average molecular weight is 277 g/mol. The molecule has 0 aliphatic carbocycles. The van der Waals surface area contributed by atoms with Gasteiger partial charge in [-0.3, -0.25) is 0 Å². The van der Waals surface area contributed by atoms with Gasteiger partial charge in [0.25, 0.3) is 0 Å². The van der Waals surface area contributed by atoms with Gasteiger partial charge in [0.15, 0.2) is 0 Å². The van der Waals surface area contributed by atoms with Crippen LogP contribution in [0.5, 0.6) is 0 Å². The summed E-state index contributed by atoms with van der Waals surface area (Å²) in [6, 6.07) is 6.42. The summed E-state index contributed by atoms with van der Waals surface area (Å²) in [6.07, 6.45) is 0. The Balaban J connectivity index is 2.56. The second-order valence-electron chi connectivity index (χ2n) is 3.97. The largest absolute Gasteiger partial charge is 0.744 e. The summed E-state index contributed by atoms with van der Waals surface area (Å²) in [5, 5.41) is 0.190. The van der Waals surface area contributed by atoms with Crippen LogP contribution in [0.2, 0.25) is 0 Å². The molecule has 6 nitrogen and oxygen atoms in total. The van der Waals surface area contributed by atoms with Crippen LogP contribution in [0.3, 0.4) is 0 Å². The van der Waals surface area contributed by atoms with Crippen molar-refractivity contribution in [1.29, 1.82) is 0 Å². The molecule has 0 amide bonds. The Morgan fingerprint density at radius 3 is 2.21 bits per heavy atom. The number of esters is 2. The second-order valence-corrected chi connectivity index (χ2v) is 5.32. The molecule has 0 unspecified atom stereocenters. The van der Waals surface area contributed by atoms with Gasteiger partial charge in [0.2, 0.25) is 0 Å². The first kappa shape index (κ1) is 11.8. The quantitative estimate of drug-likeness (QED) is 0.439. The van der Waals surface area contributed by atoms with Gasteiger partial charge in [0.05, 0.1) is 16.0 Å². The Morgan fingerprint density at radius 1 is 0.947 bits per heavy atom. The van der Waals surface area contributed by atoms with E-state index in [2.05, 4.69) is 4.74 Å². The van der Waals surface area contributed by atoms with Gasteiger partial charge in [-0.15, -0.1) is 0 Å². The number of carbonyl (C=O) groups excluding carboxylic acids is 2. The van der Waals surface area contributed by atoms with Crippen LogP contribution in [0.4, 0.5) is 0 Å². The van der Waals surface area contributed by atoms with Crippen molar-refractivity contribution in [1.82, 2.24) is 0 Å². The van der Waals surface area contributed by atoms with E-state index >= 15 is 0 Å². The molecule has 2 aromatic carbocycles. The standard InChI is InChI=1S/C12H6O6S/c13-11-7-3-1-2-6-9(19(15,16)17)5-4-8(10(6)7)12(14)18-11/h1-5H,(H,15,16,17)/p-1. The van der Waals surface area contributed by atoms with Crippen molar-refractivity contribution in [2.75, 3.05) is 0 Å². The van der Waals surface area contributed by atoms with Crippen LogP contribution in [0.15, 0.2) is 35.2 Å². The lowest BCUT2D eigenvalue weighted by Gasteiger charge is -2.18. The smallest absolute Gasteiger partial charge is 0.346 e. The first-order valence-corrected chi connectivity index (χ1v) is 6.58. The topological polar surface area (TPSA) is 101 Å². The van der Waals surface area contributed by atoms with E-state index in [0.29, 0.717) is 0 Å². The maximum Gasteiger partial charge on any atom is 0.346 e. The highest BCUT2D eigenvalue weighted by Gasteiger charge is 2.28. The van der Waals surface area contributed by atoms with Gasteiger partial charge in [0, 0.05) is 10.8 Å². The van der Waals surface area contributed by atoms with Crippen LogP contribution >= 0.6 is 0 Å². The zero-order valence-corrected chi connectivity index (χ0v) is 10.1. The van der Waals surface area contributed by atoms with Crippen molar-refractivity contribution in [3.05, 3.63) is 41.5 Å². The fourth-order valence-corrected chi connectivity index (χ4v) is 2.81. The summed E-state index contributed by atoms with van der Waals surface area (Å²) < 4.78 is 38.1. The Kier molecular flexibility index (Phi) is 2.25. The molecule has 19 heavy (non-hydrogen) atoms. The minimum atomic E-state index is -4.70. The lowest BCUT2D eigenvalue weighted by molar-refractivity contribution is 0.0391. The number of hydrogen-bond acceptors (Lipinski definition) is 6. The normalized spacial score (nSPS) is 14.6. The minimum absolute atomic E-state index is 0.0509. The number of benzene rings is 2. The Morgan fingerprint density at radius 2 is 1.58 bits per heavy atom. The van der Waals surface area contributed by atoms with Crippen LogP contribution in [0, 0.1) is 0 Å².